The van der Waals surface area contributed by atoms with E-state index < -0.39 is 6.43 Å². The van der Waals surface area contributed by atoms with Gasteiger partial charge < -0.3 is 5.32 Å². The molecule has 1 aromatic rings. The molecular formula is C13H18F2N2O. The summed E-state index contributed by atoms with van der Waals surface area (Å²) in [6, 6.07) is 2.48. The van der Waals surface area contributed by atoms with Crippen LogP contribution in [-0.4, -0.2) is 17.4 Å². The number of amides is 1. The highest BCUT2D eigenvalue weighted by Crippen LogP contribution is 2.16. The van der Waals surface area contributed by atoms with Gasteiger partial charge in [0, 0.05) is 18.3 Å². The second kappa shape index (κ2) is 9.27. The number of alkyl halides is 2. The number of pyridine rings is 1. The average Bonchev–Trinajstić information content (AvgIpc) is 2.41. The minimum Gasteiger partial charge on any atom is -0.347 e. The highest BCUT2D eigenvalue weighted by molar-refractivity contribution is 5.92. The number of nitrogens with one attached hydrogen (secondary N) is 1. The number of hydrogen-bond acceptors (Lipinski definition) is 2. The first-order valence-electron chi connectivity index (χ1n) is 5.78. The molecule has 0 spiro atoms. The quantitative estimate of drug-likeness (QED) is 0.839. The molecule has 1 rings (SSSR count). The lowest BCUT2D eigenvalue weighted by Gasteiger charge is -2.02. The standard InChI is InChI=1S/C11H12F2N2O.C2H6/c1-2-3-6-14-11(16)9-5-4-8(7-15-9)10(12)13;1-2/h2-5,7,10H,6H2,1H3,(H,14,16);1-2H3/b3-2+;. The maximum atomic E-state index is 12.2. The van der Waals surface area contributed by atoms with Crippen LogP contribution in [0.2, 0.25) is 0 Å². The molecule has 0 unspecified atom stereocenters. The van der Waals surface area contributed by atoms with Crippen LogP contribution in [0.25, 0.3) is 0 Å². The predicted molar refractivity (Wildman–Crippen MR) is 67.7 cm³/mol. The highest BCUT2D eigenvalue weighted by Gasteiger charge is 2.10. The van der Waals surface area contributed by atoms with Crippen molar-refractivity contribution in [3.8, 4) is 0 Å². The lowest BCUT2D eigenvalue weighted by molar-refractivity contribution is 0.0952. The van der Waals surface area contributed by atoms with Gasteiger partial charge in [0.1, 0.15) is 5.69 Å². The first kappa shape index (κ1) is 16.2. The van der Waals surface area contributed by atoms with Gasteiger partial charge >= 0.3 is 0 Å². The number of carbonyl (C=O) groups excluding carboxylic acids is 1. The van der Waals surface area contributed by atoms with E-state index in [1.54, 1.807) is 12.2 Å². The van der Waals surface area contributed by atoms with Crippen LogP contribution in [0.5, 0.6) is 0 Å². The maximum absolute atomic E-state index is 12.2. The molecule has 0 aliphatic carbocycles. The minimum absolute atomic E-state index is 0.133. The molecule has 0 saturated heterocycles. The SMILES string of the molecule is C/C=C/CNC(=O)c1ccc(C(F)F)cn1.CC. The fourth-order valence-electron chi connectivity index (χ4n) is 1.03. The number of carbonyl (C=O) groups is 1. The normalized spacial score (nSPS) is 10.1. The first-order chi connectivity index (χ1) is 8.65. The molecule has 0 aliphatic heterocycles. The Bertz CT molecular complexity index is 375. The van der Waals surface area contributed by atoms with Crippen molar-refractivity contribution in [3.05, 3.63) is 41.7 Å². The van der Waals surface area contributed by atoms with E-state index in [1.165, 1.54) is 12.1 Å². The van der Waals surface area contributed by atoms with Gasteiger partial charge in [0.15, 0.2) is 0 Å². The van der Waals surface area contributed by atoms with Crippen LogP contribution in [0.1, 0.15) is 43.2 Å². The highest BCUT2D eigenvalue weighted by atomic mass is 19.3. The van der Waals surface area contributed by atoms with Gasteiger partial charge in [-0.1, -0.05) is 26.0 Å². The Kier molecular flexibility index (Phi) is 8.35. The van der Waals surface area contributed by atoms with Gasteiger partial charge in [-0.05, 0) is 19.1 Å². The second-order valence-corrected chi connectivity index (χ2v) is 3.06. The average molecular weight is 256 g/mol. The van der Waals surface area contributed by atoms with Gasteiger partial charge in [-0.15, -0.1) is 0 Å². The van der Waals surface area contributed by atoms with E-state index in [4.69, 9.17) is 0 Å². The summed E-state index contributed by atoms with van der Waals surface area (Å²) in [5.41, 5.74) is -0.0566. The molecule has 0 atom stereocenters. The summed E-state index contributed by atoms with van der Waals surface area (Å²) in [5.74, 6) is -0.376. The summed E-state index contributed by atoms with van der Waals surface area (Å²) in [4.78, 5) is 15.1. The van der Waals surface area contributed by atoms with Gasteiger partial charge in [0.2, 0.25) is 0 Å². The van der Waals surface area contributed by atoms with E-state index in [9.17, 15) is 13.6 Å². The molecule has 1 N–H and O–H groups in total. The van der Waals surface area contributed by atoms with Crippen molar-refractivity contribution in [3.63, 3.8) is 0 Å². The number of aromatic nitrogens is 1. The zero-order valence-electron chi connectivity index (χ0n) is 10.8. The van der Waals surface area contributed by atoms with Crippen molar-refractivity contribution >= 4 is 5.91 Å². The van der Waals surface area contributed by atoms with Crippen LogP contribution in [0.3, 0.4) is 0 Å². The fraction of sp³-hybridized carbons (Fsp3) is 0.385. The molecule has 5 heteroatoms. The molecule has 0 aromatic carbocycles. The number of rotatable bonds is 4. The molecule has 1 aromatic heterocycles. The predicted octanol–water partition coefficient (Wildman–Crippen LogP) is 3.35. The monoisotopic (exact) mass is 256 g/mol. The molecule has 1 amide bonds. The topological polar surface area (TPSA) is 42.0 Å². The van der Waals surface area contributed by atoms with Crippen molar-refractivity contribution in [1.29, 1.82) is 0 Å². The van der Waals surface area contributed by atoms with Crippen molar-refractivity contribution in [2.75, 3.05) is 6.54 Å². The molecule has 1 heterocycles. The third-order valence-electron chi connectivity index (χ3n) is 1.89. The summed E-state index contributed by atoms with van der Waals surface area (Å²) in [5, 5.41) is 2.57. The van der Waals surface area contributed by atoms with Gasteiger partial charge in [0.05, 0.1) is 0 Å². The zero-order chi connectivity index (χ0) is 14.0. The smallest absolute Gasteiger partial charge is 0.270 e. The fourth-order valence-corrected chi connectivity index (χ4v) is 1.03. The van der Waals surface area contributed by atoms with Crippen LogP contribution in [0.15, 0.2) is 30.5 Å². The Morgan fingerprint density at radius 3 is 2.56 bits per heavy atom. The molecular weight excluding hydrogens is 238 g/mol. The van der Waals surface area contributed by atoms with Crippen LogP contribution >= 0.6 is 0 Å². The largest absolute Gasteiger partial charge is 0.347 e. The third kappa shape index (κ3) is 5.52. The van der Waals surface area contributed by atoms with E-state index >= 15 is 0 Å². The maximum Gasteiger partial charge on any atom is 0.270 e. The molecule has 18 heavy (non-hydrogen) atoms. The Morgan fingerprint density at radius 1 is 1.44 bits per heavy atom. The minimum atomic E-state index is -2.56. The first-order valence-corrected chi connectivity index (χ1v) is 5.78. The number of nitrogens with zero attached hydrogens (tertiary/aromatic N) is 1. The number of hydrogen-bond donors (Lipinski definition) is 1. The van der Waals surface area contributed by atoms with Crippen LogP contribution < -0.4 is 5.32 Å². The zero-order valence-corrected chi connectivity index (χ0v) is 10.8. The molecule has 0 bridgehead atoms. The number of allylic oxidation sites excluding steroid dienone is 1. The lowest BCUT2D eigenvalue weighted by Crippen LogP contribution is -2.24. The Morgan fingerprint density at radius 2 is 2.11 bits per heavy atom. The third-order valence-corrected chi connectivity index (χ3v) is 1.89. The molecule has 0 fully saturated rings. The van der Waals surface area contributed by atoms with E-state index in [0.717, 1.165) is 6.20 Å². The van der Waals surface area contributed by atoms with Gasteiger partial charge in [0.25, 0.3) is 12.3 Å². The van der Waals surface area contributed by atoms with Gasteiger partial charge in [-0.25, -0.2) is 8.78 Å². The van der Waals surface area contributed by atoms with Gasteiger partial charge in [-0.3, -0.25) is 9.78 Å². The summed E-state index contributed by atoms with van der Waals surface area (Å²) in [6.45, 7) is 6.23. The summed E-state index contributed by atoms with van der Waals surface area (Å²) in [6.07, 6.45) is 2.02. The van der Waals surface area contributed by atoms with E-state index in [0.29, 0.717) is 6.54 Å². The van der Waals surface area contributed by atoms with Crippen molar-refractivity contribution in [2.45, 2.75) is 27.2 Å². The summed E-state index contributed by atoms with van der Waals surface area (Å²) >= 11 is 0. The lowest BCUT2D eigenvalue weighted by atomic mass is 10.2. The van der Waals surface area contributed by atoms with Crippen LogP contribution in [-0.2, 0) is 0 Å². The Labute approximate surface area is 106 Å². The Hall–Kier alpha value is -1.78. The molecule has 0 saturated carbocycles. The van der Waals surface area contributed by atoms with Crippen molar-refractivity contribution < 1.29 is 13.6 Å². The van der Waals surface area contributed by atoms with E-state index in [1.807, 2.05) is 20.8 Å². The van der Waals surface area contributed by atoms with Crippen LogP contribution in [0, 0.1) is 0 Å². The molecule has 100 valence electrons. The van der Waals surface area contributed by atoms with Crippen LogP contribution in [0.4, 0.5) is 8.78 Å². The number of halogens is 2. The van der Waals surface area contributed by atoms with E-state index in [-0.39, 0.29) is 17.2 Å². The van der Waals surface area contributed by atoms with Crippen molar-refractivity contribution in [1.82, 2.24) is 10.3 Å². The molecule has 0 radical (unpaired) electrons. The summed E-state index contributed by atoms with van der Waals surface area (Å²) in [7, 11) is 0. The van der Waals surface area contributed by atoms with Crippen molar-refractivity contribution in [2.24, 2.45) is 0 Å². The van der Waals surface area contributed by atoms with Gasteiger partial charge in [-0.2, -0.15) is 0 Å². The summed E-state index contributed by atoms with van der Waals surface area (Å²) < 4.78 is 24.4. The second-order valence-electron chi connectivity index (χ2n) is 3.06. The Balaban J connectivity index is 0.00000137. The molecule has 3 nitrogen and oxygen atoms in total. The van der Waals surface area contributed by atoms with E-state index in [2.05, 4.69) is 10.3 Å². The molecule has 0 aliphatic rings.